The largest absolute Gasteiger partial charge is 0.458 e. The van der Waals surface area contributed by atoms with Gasteiger partial charge in [-0.2, -0.15) is 0 Å². The second-order valence-corrected chi connectivity index (χ2v) is 10.7. The smallest absolute Gasteiger partial charge is 0.331 e. The molecule has 0 aromatic carbocycles. The third-order valence-electron chi connectivity index (χ3n) is 9.96. The fourth-order valence-electron chi connectivity index (χ4n) is 8.39. The molecule has 1 heterocycles. The number of aliphatic hydroxyl groups is 2. The summed E-state index contributed by atoms with van der Waals surface area (Å²) in [6, 6.07) is 0. The molecule has 4 saturated carbocycles. The summed E-state index contributed by atoms with van der Waals surface area (Å²) in [5, 5.41) is 22.3. The minimum Gasteiger partial charge on any atom is -0.458 e. The van der Waals surface area contributed by atoms with E-state index in [4.69, 9.17) is 4.74 Å². The van der Waals surface area contributed by atoms with Crippen LogP contribution in [0.1, 0.15) is 71.6 Å². The van der Waals surface area contributed by atoms with Gasteiger partial charge in [0.15, 0.2) is 0 Å². The van der Waals surface area contributed by atoms with E-state index in [-0.39, 0.29) is 28.8 Å². The molecular formula is C23H34O4. The van der Waals surface area contributed by atoms with Crippen LogP contribution in [0.5, 0.6) is 0 Å². The molecule has 0 bridgehead atoms. The van der Waals surface area contributed by atoms with Crippen molar-refractivity contribution < 1.29 is 19.7 Å². The molecule has 4 fully saturated rings. The van der Waals surface area contributed by atoms with Crippen LogP contribution in [-0.4, -0.2) is 34.5 Å². The molecule has 0 amide bonds. The molecule has 4 nitrogen and oxygen atoms in total. The number of carbonyl (C=O) groups excluding carboxylic acids is 1. The topological polar surface area (TPSA) is 66.8 Å². The van der Waals surface area contributed by atoms with Gasteiger partial charge >= 0.3 is 5.97 Å². The van der Waals surface area contributed by atoms with E-state index in [0.717, 1.165) is 56.9 Å². The van der Waals surface area contributed by atoms with Crippen molar-refractivity contribution >= 4 is 5.97 Å². The third kappa shape index (κ3) is 2.32. The molecule has 0 unspecified atom stereocenters. The Morgan fingerprint density at radius 2 is 1.85 bits per heavy atom. The van der Waals surface area contributed by atoms with Gasteiger partial charge in [-0.25, -0.2) is 4.79 Å². The highest BCUT2D eigenvalue weighted by molar-refractivity contribution is 5.85. The average Bonchev–Trinajstić information content (AvgIpc) is 3.16. The van der Waals surface area contributed by atoms with Gasteiger partial charge in [-0.15, -0.1) is 0 Å². The molecule has 8 atom stereocenters. The van der Waals surface area contributed by atoms with E-state index >= 15 is 0 Å². The lowest BCUT2D eigenvalue weighted by Gasteiger charge is -2.63. The van der Waals surface area contributed by atoms with E-state index in [1.165, 1.54) is 6.42 Å². The number of carbonyl (C=O) groups is 1. The zero-order chi connectivity index (χ0) is 19.0. The molecule has 0 aromatic heterocycles. The second-order valence-electron chi connectivity index (χ2n) is 10.7. The molecule has 1 aliphatic heterocycles. The van der Waals surface area contributed by atoms with Crippen LogP contribution in [0, 0.1) is 34.5 Å². The Morgan fingerprint density at radius 3 is 2.59 bits per heavy atom. The lowest BCUT2D eigenvalue weighted by molar-refractivity contribution is -0.208. The fraction of sp³-hybridized carbons (Fsp3) is 0.870. The maximum absolute atomic E-state index is 12.1. The summed E-state index contributed by atoms with van der Waals surface area (Å²) >= 11 is 0. The Hall–Kier alpha value is -0.870. The number of fused-ring (bicyclic) bond motifs is 5. The molecule has 150 valence electrons. The van der Waals surface area contributed by atoms with Crippen molar-refractivity contribution in [3.8, 4) is 0 Å². The van der Waals surface area contributed by atoms with Gasteiger partial charge in [-0.05, 0) is 92.4 Å². The summed E-state index contributed by atoms with van der Waals surface area (Å²) in [6.07, 6.45) is 10.8. The highest BCUT2D eigenvalue weighted by Gasteiger charge is 2.67. The number of esters is 1. The third-order valence-corrected chi connectivity index (χ3v) is 9.96. The molecule has 4 aliphatic carbocycles. The van der Waals surface area contributed by atoms with Crippen molar-refractivity contribution in [3.63, 3.8) is 0 Å². The summed E-state index contributed by atoms with van der Waals surface area (Å²) < 4.78 is 5.20. The lowest BCUT2D eigenvalue weighted by Crippen LogP contribution is -2.62. The molecule has 0 aromatic rings. The van der Waals surface area contributed by atoms with Crippen molar-refractivity contribution in [1.29, 1.82) is 0 Å². The van der Waals surface area contributed by atoms with Crippen molar-refractivity contribution in [3.05, 3.63) is 11.6 Å². The van der Waals surface area contributed by atoms with Gasteiger partial charge in [0, 0.05) is 11.5 Å². The second kappa shape index (κ2) is 5.82. The first-order valence-electron chi connectivity index (χ1n) is 11.1. The predicted octanol–water partition coefficient (Wildman–Crippen LogP) is 3.60. The van der Waals surface area contributed by atoms with Crippen LogP contribution in [0.15, 0.2) is 11.6 Å². The molecule has 5 aliphatic rings. The van der Waals surface area contributed by atoms with E-state index in [1.807, 2.05) is 0 Å². The summed E-state index contributed by atoms with van der Waals surface area (Å²) in [5.41, 5.74) is 0.600. The van der Waals surface area contributed by atoms with Crippen LogP contribution in [-0.2, 0) is 9.53 Å². The summed E-state index contributed by atoms with van der Waals surface area (Å²) in [7, 11) is 0. The number of aliphatic hydroxyl groups excluding tert-OH is 1. The van der Waals surface area contributed by atoms with Crippen molar-refractivity contribution in [2.24, 2.45) is 34.5 Å². The highest BCUT2D eigenvalue weighted by atomic mass is 16.5. The first kappa shape index (κ1) is 18.2. The first-order chi connectivity index (χ1) is 12.8. The van der Waals surface area contributed by atoms with E-state index in [1.54, 1.807) is 6.08 Å². The van der Waals surface area contributed by atoms with E-state index in [9.17, 15) is 15.0 Å². The molecule has 4 heteroatoms. The van der Waals surface area contributed by atoms with Gasteiger partial charge in [0.1, 0.15) is 6.61 Å². The Morgan fingerprint density at radius 1 is 1.04 bits per heavy atom. The average molecular weight is 375 g/mol. The summed E-state index contributed by atoms with van der Waals surface area (Å²) in [5.74, 6) is 1.59. The molecule has 0 saturated heterocycles. The van der Waals surface area contributed by atoms with Gasteiger partial charge in [-0.1, -0.05) is 13.8 Å². The van der Waals surface area contributed by atoms with Crippen LogP contribution in [0.25, 0.3) is 0 Å². The van der Waals surface area contributed by atoms with Crippen molar-refractivity contribution in [2.45, 2.75) is 83.3 Å². The number of hydrogen-bond acceptors (Lipinski definition) is 4. The molecular weight excluding hydrogens is 340 g/mol. The van der Waals surface area contributed by atoms with Crippen molar-refractivity contribution in [1.82, 2.24) is 0 Å². The monoisotopic (exact) mass is 374 g/mol. The number of hydrogen-bond donors (Lipinski definition) is 2. The minimum atomic E-state index is -0.628. The number of cyclic esters (lactones) is 1. The van der Waals surface area contributed by atoms with E-state index in [2.05, 4.69) is 13.8 Å². The Bertz CT molecular complexity index is 686. The molecule has 0 spiro atoms. The van der Waals surface area contributed by atoms with E-state index < -0.39 is 5.60 Å². The molecule has 27 heavy (non-hydrogen) atoms. The summed E-state index contributed by atoms with van der Waals surface area (Å²) in [6.45, 7) is 5.15. The fourth-order valence-corrected chi connectivity index (χ4v) is 8.39. The zero-order valence-corrected chi connectivity index (χ0v) is 16.7. The van der Waals surface area contributed by atoms with Gasteiger partial charge in [0.25, 0.3) is 0 Å². The normalized spacial score (nSPS) is 54.6. The van der Waals surface area contributed by atoms with Gasteiger partial charge in [0.2, 0.25) is 0 Å². The zero-order valence-electron chi connectivity index (χ0n) is 16.7. The Balaban J connectivity index is 1.47. The standard InChI is InChI=1S/C23H34O4/c1-21-8-5-16(24)12-15(21)3-4-19-18(21)6-9-22(2)17(7-10-23(19,22)26)14-11-20(25)27-13-14/h11,15-19,24,26H,3-10,12-13H2,1-2H3/t15-,16+,17+,18-,19+,21-,22+,23-/m0/s1. The summed E-state index contributed by atoms with van der Waals surface area (Å²) in [4.78, 5) is 11.6. The maximum atomic E-state index is 12.1. The molecule has 2 N–H and O–H groups in total. The van der Waals surface area contributed by atoms with Crippen molar-refractivity contribution in [2.75, 3.05) is 6.61 Å². The van der Waals surface area contributed by atoms with Crippen LogP contribution in [0.2, 0.25) is 0 Å². The first-order valence-corrected chi connectivity index (χ1v) is 11.1. The molecule has 5 rings (SSSR count). The van der Waals surface area contributed by atoms with Gasteiger partial charge in [0.05, 0.1) is 11.7 Å². The lowest BCUT2D eigenvalue weighted by atomic mass is 9.43. The predicted molar refractivity (Wildman–Crippen MR) is 102 cm³/mol. The van der Waals surface area contributed by atoms with E-state index in [0.29, 0.717) is 24.4 Å². The molecule has 0 radical (unpaired) electrons. The minimum absolute atomic E-state index is 0.126. The van der Waals surface area contributed by atoms with Crippen LogP contribution >= 0.6 is 0 Å². The highest BCUT2D eigenvalue weighted by Crippen LogP contribution is 2.69. The SMILES string of the molecule is C[C@]12CC[C@@H](O)C[C@@H]1CC[C@@H]1[C@@H]2CC[C@]2(C)[C@@H](C3=CC(=O)OC3)CC[C@]12O. The number of rotatable bonds is 1. The Labute approximate surface area is 162 Å². The van der Waals surface area contributed by atoms with Crippen LogP contribution in [0.3, 0.4) is 0 Å². The number of ether oxygens (including phenoxy) is 1. The van der Waals surface area contributed by atoms with Crippen LogP contribution < -0.4 is 0 Å². The quantitative estimate of drug-likeness (QED) is 0.688. The van der Waals surface area contributed by atoms with Gasteiger partial charge < -0.3 is 14.9 Å². The van der Waals surface area contributed by atoms with Gasteiger partial charge in [-0.3, -0.25) is 0 Å². The Kier molecular flexibility index (Phi) is 3.92. The maximum Gasteiger partial charge on any atom is 0.331 e. The van der Waals surface area contributed by atoms with Crippen LogP contribution in [0.4, 0.5) is 0 Å².